The van der Waals surface area contributed by atoms with Gasteiger partial charge in [0, 0.05) is 0 Å². The molecule has 0 atom stereocenters. The van der Waals surface area contributed by atoms with Gasteiger partial charge in [-0.05, 0) is 36.8 Å². The summed E-state index contributed by atoms with van der Waals surface area (Å²) in [5, 5.41) is 3.71. The second-order valence-corrected chi connectivity index (χ2v) is 4.20. The van der Waals surface area contributed by atoms with Crippen LogP contribution in [0.4, 0.5) is 9.18 Å². The number of ether oxygens (including phenoxy) is 2. The topological polar surface area (TPSA) is 59.9 Å². The van der Waals surface area contributed by atoms with Crippen molar-refractivity contribution in [2.75, 3.05) is 6.61 Å². The van der Waals surface area contributed by atoms with Crippen LogP contribution in [0.15, 0.2) is 53.6 Å². The lowest BCUT2D eigenvalue weighted by molar-refractivity contribution is 0.152. The van der Waals surface area contributed by atoms with Gasteiger partial charge in [-0.3, -0.25) is 0 Å². The van der Waals surface area contributed by atoms with Crippen molar-refractivity contribution in [2.24, 2.45) is 5.10 Å². The van der Waals surface area contributed by atoms with Crippen molar-refractivity contribution in [3.8, 4) is 11.5 Å². The molecule has 0 spiro atoms. The number of nitrogens with one attached hydrogen (secondary N) is 1. The highest BCUT2D eigenvalue weighted by Crippen LogP contribution is 2.24. The molecule has 2 aromatic rings. The summed E-state index contributed by atoms with van der Waals surface area (Å²) in [5.74, 6) is 0.116. The average molecular weight is 302 g/mol. The number of carbonyl (C=O) groups is 1. The van der Waals surface area contributed by atoms with Crippen LogP contribution in [0, 0.1) is 5.82 Å². The fraction of sp³-hybridized carbons (Fsp3) is 0.125. The normalized spacial score (nSPS) is 10.5. The van der Waals surface area contributed by atoms with Gasteiger partial charge >= 0.3 is 6.09 Å². The van der Waals surface area contributed by atoms with Gasteiger partial charge in [0.2, 0.25) is 0 Å². The second kappa shape index (κ2) is 7.78. The first-order valence-electron chi connectivity index (χ1n) is 6.67. The maximum absolute atomic E-state index is 13.7. The van der Waals surface area contributed by atoms with Crippen molar-refractivity contribution in [1.29, 1.82) is 0 Å². The molecule has 0 saturated carbocycles. The van der Waals surface area contributed by atoms with E-state index in [9.17, 15) is 9.18 Å². The van der Waals surface area contributed by atoms with Gasteiger partial charge in [0.25, 0.3) is 0 Å². The fourth-order valence-corrected chi connectivity index (χ4v) is 1.62. The van der Waals surface area contributed by atoms with Crippen molar-refractivity contribution in [3.05, 3.63) is 59.9 Å². The van der Waals surface area contributed by atoms with Crippen molar-refractivity contribution >= 4 is 12.3 Å². The van der Waals surface area contributed by atoms with E-state index in [4.69, 9.17) is 4.74 Å². The van der Waals surface area contributed by atoms with Crippen LogP contribution in [-0.2, 0) is 4.74 Å². The molecule has 2 rings (SSSR count). The van der Waals surface area contributed by atoms with E-state index in [0.29, 0.717) is 11.3 Å². The summed E-state index contributed by atoms with van der Waals surface area (Å²) in [7, 11) is 0. The highest BCUT2D eigenvalue weighted by molar-refractivity contribution is 5.81. The van der Waals surface area contributed by atoms with E-state index in [-0.39, 0.29) is 12.4 Å². The molecule has 0 heterocycles. The lowest BCUT2D eigenvalue weighted by atomic mass is 10.2. The van der Waals surface area contributed by atoms with Crippen LogP contribution < -0.4 is 10.2 Å². The van der Waals surface area contributed by atoms with Gasteiger partial charge in [0.15, 0.2) is 11.6 Å². The number of carbonyl (C=O) groups excluding carboxylic acids is 1. The number of rotatable bonds is 5. The molecule has 0 bridgehead atoms. The fourth-order valence-electron chi connectivity index (χ4n) is 1.62. The number of nitrogens with zero attached hydrogens (tertiary/aromatic N) is 1. The average Bonchev–Trinajstić information content (AvgIpc) is 2.52. The molecule has 6 heteroatoms. The molecule has 2 aromatic carbocycles. The Morgan fingerprint density at radius 3 is 2.77 bits per heavy atom. The zero-order valence-electron chi connectivity index (χ0n) is 12.0. The highest BCUT2D eigenvalue weighted by Gasteiger charge is 2.05. The molecule has 114 valence electrons. The largest absolute Gasteiger partial charge is 0.454 e. The monoisotopic (exact) mass is 302 g/mol. The van der Waals surface area contributed by atoms with Crippen molar-refractivity contribution in [1.82, 2.24) is 5.43 Å². The zero-order valence-corrected chi connectivity index (χ0v) is 12.0. The van der Waals surface area contributed by atoms with Gasteiger partial charge in [0.1, 0.15) is 5.75 Å². The van der Waals surface area contributed by atoms with Crippen LogP contribution in [0.5, 0.6) is 11.5 Å². The van der Waals surface area contributed by atoms with E-state index < -0.39 is 11.9 Å². The molecule has 0 saturated heterocycles. The highest BCUT2D eigenvalue weighted by atomic mass is 19.1. The van der Waals surface area contributed by atoms with Crippen LogP contribution in [-0.4, -0.2) is 18.9 Å². The minimum absolute atomic E-state index is 0.0753. The van der Waals surface area contributed by atoms with E-state index >= 15 is 0 Å². The SMILES string of the molecule is CCOC(=O)N/N=C/c1ccc(F)c(Oc2ccccc2)c1. The number of hydrazone groups is 1. The molecule has 0 aliphatic rings. The number of para-hydroxylation sites is 1. The van der Waals surface area contributed by atoms with Crippen LogP contribution in [0.2, 0.25) is 0 Å². The van der Waals surface area contributed by atoms with E-state index in [0.717, 1.165) is 0 Å². The van der Waals surface area contributed by atoms with Crippen LogP contribution in [0.25, 0.3) is 0 Å². The Kier molecular flexibility index (Phi) is 5.48. The summed E-state index contributed by atoms with van der Waals surface area (Å²) in [6, 6.07) is 13.1. The molecule has 0 unspecified atom stereocenters. The molecule has 0 aromatic heterocycles. The number of amides is 1. The minimum atomic E-state index is -0.651. The summed E-state index contributed by atoms with van der Waals surface area (Å²) >= 11 is 0. The molecule has 1 amide bonds. The molecule has 0 fully saturated rings. The van der Waals surface area contributed by atoms with Gasteiger partial charge in [-0.2, -0.15) is 5.10 Å². The summed E-state index contributed by atoms with van der Waals surface area (Å²) in [6.07, 6.45) is 0.718. The number of hydrogen-bond acceptors (Lipinski definition) is 4. The molecule has 0 aliphatic carbocycles. The third-order valence-electron chi connectivity index (χ3n) is 2.57. The molecule has 0 aliphatic heterocycles. The predicted octanol–water partition coefficient (Wildman–Crippen LogP) is 3.70. The van der Waals surface area contributed by atoms with E-state index in [1.54, 1.807) is 31.2 Å². The van der Waals surface area contributed by atoms with Gasteiger partial charge < -0.3 is 9.47 Å². The number of hydrogen-bond donors (Lipinski definition) is 1. The van der Waals surface area contributed by atoms with Crippen LogP contribution in [0.1, 0.15) is 12.5 Å². The Hall–Kier alpha value is -2.89. The van der Waals surface area contributed by atoms with E-state index in [1.165, 1.54) is 24.4 Å². The first kappa shape index (κ1) is 15.5. The van der Waals surface area contributed by atoms with Crippen LogP contribution in [0.3, 0.4) is 0 Å². The smallest absolute Gasteiger partial charge is 0.427 e. The maximum atomic E-state index is 13.7. The quantitative estimate of drug-likeness (QED) is 0.676. The first-order chi connectivity index (χ1) is 10.7. The lowest BCUT2D eigenvalue weighted by Crippen LogP contribution is -2.18. The van der Waals surface area contributed by atoms with Crippen molar-refractivity contribution < 1.29 is 18.7 Å². The Balaban J connectivity index is 2.06. The Morgan fingerprint density at radius 2 is 2.05 bits per heavy atom. The van der Waals surface area contributed by atoms with E-state index in [2.05, 4.69) is 15.3 Å². The van der Waals surface area contributed by atoms with Crippen molar-refractivity contribution in [3.63, 3.8) is 0 Å². The zero-order chi connectivity index (χ0) is 15.8. The van der Waals surface area contributed by atoms with Crippen LogP contribution >= 0.6 is 0 Å². The third kappa shape index (κ3) is 4.59. The maximum Gasteiger partial charge on any atom is 0.427 e. The Morgan fingerprint density at radius 1 is 1.27 bits per heavy atom. The van der Waals surface area contributed by atoms with Crippen molar-refractivity contribution in [2.45, 2.75) is 6.92 Å². The molecule has 22 heavy (non-hydrogen) atoms. The lowest BCUT2D eigenvalue weighted by Gasteiger charge is -2.07. The number of halogens is 1. The Bertz CT molecular complexity index is 660. The molecular formula is C16H15FN2O3. The first-order valence-corrected chi connectivity index (χ1v) is 6.67. The van der Waals surface area contributed by atoms with E-state index in [1.807, 2.05) is 6.07 Å². The summed E-state index contributed by atoms with van der Waals surface area (Å²) in [5.41, 5.74) is 2.76. The molecule has 0 radical (unpaired) electrons. The Labute approximate surface area is 127 Å². The van der Waals surface area contributed by atoms with Gasteiger partial charge in [-0.25, -0.2) is 14.6 Å². The standard InChI is InChI=1S/C16H15FN2O3/c1-2-21-16(20)19-18-11-12-8-9-14(17)15(10-12)22-13-6-4-3-5-7-13/h3-11H,2H2,1H3,(H,19,20)/b18-11+. The summed E-state index contributed by atoms with van der Waals surface area (Å²) < 4.78 is 23.9. The summed E-state index contributed by atoms with van der Waals surface area (Å²) in [6.45, 7) is 1.95. The second-order valence-electron chi connectivity index (χ2n) is 4.20. The molecule has 5 nitrogen and oxygen atoms in total. The summed E-state index contributed by atoms with van der Waals surface area (Å²) in [4.78, 5) is 11.1. The van der Waals surface area contributed by atoms with Gasteiger partial charge in [-0.1, -0.05) is 24.3 Å². The van der Waals surface area contributed by atoms with Gasteiger partial charge in [-0.15, -0.1) is 0 Å². The minimum Gasteiger partial charge on any atom is -0.454 e. The number of benzene rings is 2. The van der Waals surface area contributed by atoms with Gasteiger partial charge in [0.05, 0.1) is 12.8 Å². The molecule has 1 N–H and O–H groups in total. The molecular weight excluding hydrogens is 287 g/mol. The third-order valence-corrected chi connectivity index (χ3v) is 2.57. The predicted molar refractivity (Wildman–Crippen MR) is 80.7 cm³/mol.